The molecule has 1 aliphatic heterocycles. The van der Waals surface area contributed by atoms with Crippen molar-refractivity contribution in [2.24, 2.45) is 0 Å². The molecule has 2 heterocycles. The van der Waals surface area contributed by atoms with Gasteiger partial charge in [-0.1, -0.05) is 23.7 Å². The van der Waals surface area contributed by atoms with Gasteiger partial charge in [0.2, 0.25) is 11.9 Å². The average molecular weight is 545 g/mol. The Morgan fingerprint density at radius 2 is 1.92 bits per heavy atom. The maximum atomic E-state index is 12.9. The molecule has 0 unspecified atom stereocenters. The van der Waals surface area contributed by atoms with Gasteiger partial charge in [0.15, 0.2) is 15.7 Å². The van der Waals surface area contributed by atoms with E-state index in [0.29, 0.717) is 30.2 Å². The first-order valence-electron chi connectivity index (χ1n) is 11.8. The second-order valence-electron chi connectivity index (χ2n) is 8.65. The van der Waals surface area contributed by atoms with Crippen LogP contribution in [0.15, 0.2) is 47.5 Å². The van der Waals surface area contributed by atoms with Crippen molar-refractivity contribution in [3.63, 3.8) is 0 Å². The highest BCUT2D eigenvalue weighted by molar-refractivity contribution is 7.92. The first-order valence-corrected chi connectivity index (χ1v) is 13.7. The number of anilines is 5. The predicted molar refractivity (Wildman–Crippen MR) is 145 cm³/mol. The lowest BCUT2D eigenvalue weighted by atomic mass is 10.1. The number of fused-ring (bicyclic) bond motifs is 1. The minimum absolute atomic E-state index is 0.0263. The van der Waals surface area contributed by atoms with Gasteiger partial charge in [-0.25, -0.2) is 13.4 Å². The first kappa shape index (κ1) is 26.6. The summed E-state index contributed by atoms with van der Waals surface area (Å²) in [5.41, 5.74) is 2.61. The number of ether oxygens (including phenoxy) is 1. The second-order valence-corrected chi connectivity index (χ2v) is 11.5. The van der Waals surface area contributed by atoms with E-state index in [1.54, 1.807) is 50.1 Å². The number of aromatic nitrogens is 2. The molecule has 37 heavy (non-hydrogen) atoms. The monoisotopic (exact) mass is 544 g/mol. The highest BCUT2D eigenvalue weighted by Crippen LogP contribution is 2.37. The van der Waals surface area contributed by atoms with Crippen LogP contribution in [0.25, 0.3) is 0 Å². The summed E-state index contributed by atoms with van der Waals surface area (Å²) in [6.45, 7) is 6.47. The van der Waals surface area contributed by atoms with Crippen molar-refractivity contribution < 1.29 is 17.9 Å². The van der Waals surface area contributed by atoms with Crippen LogP contribution < -0.4 is 25.6 Å². The summed E-state index contributed by atoms with van der Waals surface area (Å²) in [6.07, 6.45) is 1.42. The molecule has 0 fully saturated rings. The molecule has 1 amide bonds. The van der Waals surface area contributed by atoms with Crippen molar-refractivity contribution in [2.75, 3.05) is 35.7 Å². The number of carbonyl (C=O) groups is 1. The van der Waals surface area contributed by atoms with Crippen LogP contribution in [0.1, 0.15) is 26.3 Å². The van der Waals surface area contributed by atoms with Crippen molar-refractivity contribution in [3.8, 4) is 5.75 Å². The second kappa shape index (κ2) is 10.9. The number of methoxy groups -OCH3 is 1. The van der Waals surface area contributed by atoms with E-state index in [-0.39, 0.29) is 34.1 Å². The van der Waals surface area contributed by atoms with E-state index in [2.05, 4.69) is 25.9 Å². The first-order chi connectivity index (χ1) is 17.6. The van der Waals surface area contributed by atoms with Gasteiger partial charge in [0.05, 0.1) is 47.1 Å². The summed E-state index contributed by atoms with van der Waals surface area (Å²) < 4.78 is 31.3. The molecule has 0 bridgehead atoms. The van der Waals surface area contributed by atoms with Crippen LogP contribution in [0.3, 0.4) is 0 Å². The van der Waals surface area contributed by atoms with E-state index in [4.69, 9.17) is 16.3 Å². The number of nitrogens with zero attached hydrogens (tertiary/aromatic N) is 3. The smallest absolute Gasteiger partial charge is 0.240 e. The third-order valence-electron chi connectivity index (χ3n) is 5.96. The number of halogens is 1. The standard InChI is InChI=1S/C25H29ClN6O4S/c1-5-32-20-11-19(21(36-4)10-16(20)12-27-14-23(32)33)30-25-28-13-17(26)24(31-25)29-18-8-6-7-9-22(18)37(34,35)15(2)3/h6-11,13,15,27H,5,12,14H2,1-4H3,(H2,28,29,30,31). The van der Waals surface area contributed by atoms with Crippen molar-refractivity contribution in [2.45, 2.75) is 37.5 Å². The number of carbonyl (C=O) groups excluding carboxylic acids is 1. The lowest BCUT2D eigenvalue weighted by Crippen LogP contribution is -2.35. The lowest BCUT2D eigenvalue weighted by molar-refractivity contribution is -0.117. The SMILES string of the molecule is CCN1C(=O)CNCc2cc(OC)c(Nc3ncc(Cl)c(Nc4ccccc4S(=O)(=O)C(C)C)n3)cc21. The number of rotatable bonds is 8. The number of hydrogen-bond donors (Lipinski definition) is 3. The molecule has 0 spiro atoms. The maximum absolute atomic E-state index is 12.9. The molecule has 0 saturated carbocycles. The van der Waals surface area contributed by atoms with Gasteiger partial charge in [-0.2, -0.15) is 4.98 Å². The summed E-state index contributed by atoms with van der Waals surface area (Å²) in [6, 6.07) is 10.3. The van der Waals surface area contributed by atoms with Gasteiger partial charge in [0, 0.05) is 13.1 Å². The van der Waals surface area contributed by atoms with Crippen LogP contribution in [0.4, 0.5) is 28.8 Å². The van der Waals surface area contributed by atoms with Crippen LogP contribution >= 0.6 is 11.6 Å². The Labute approximate surface area is 221 Å². The third kappa shape index (κ3) is 5.48. The van der Waals surface area contributed by atoms with Crippen LogP contribution in [-0.2, 0) is 21.2 Å². The summed E-state index contributed by atoms with van der Waals surface area (Å²) in [4.78, 5) is 23.2. The van der Waals surface area contributed by atoms with Gasteiger partial charge >= 0.3 is 0 Å². The zero-order valence-corrected chi connectivity index (χ0v) is 22.6. The molecular formula is C25H29ClN6O4S. The van der Waals surface area contributed by atoms with Gasteiger partial charge in [0.1, 0.15) is 10.8 Å². The molecule has 0 saturated heterocycles. The van der Waals surface area contributed by atoms with Gasteiger partial charge in [-0.3, -0.25) is 4.79 Å². The molecule has 4 rings (SSSR count). The van der Waals surface area contributed by atoms with E-state index < -0.39 is 15.1 Å². The Balaban J connectivity index is 1.70. The third-order valence-corrected chi connectivity index (χ3v) is 8.45. The molecule has 2 aromatic carbocycles. The quantitative estimate of drug-likeness (QED) is 0.381. The van der Waals surface area contributed by atoms with Gasteiger partial charge < -0.3 is 25.6 Å². The lowest BCUT2D eigenvalue weighted by Gasteiger charge is -2.23. The molecule has 0 radical (unpaired) electrons. The highest BCUT2D eigenvalue weighted by Gasteiger charge is 2.25. The van der Waals surface area contributed by atoms with Crippen molar-refractivity contribution >= 4 is 56.2 Å². The van der Waals surface area contributed by atoms with Crippen LogP contribution in [0.2, 0.25) is 5.02 Å². The van der Waals surface area contributed by atoms with E-state index in [1.165, 1.54) is 6.20 Å². The Hall–Kier alpha value is -3.41. The van der Waals surface area contributed by atoms with Crippen LogP contribution in [-0.4, -0.2) is 49.7 Å². The topological polar surface area (TPSA) is 126 Å². The Bertz CT molecular complexity index is 1430. The van der Waals surface area contributed by atoms with Crippen molar-refractivity contribution in [1.82, 2.24) is 15.3 Å². The normalized spacial score (nSPS) is 13.8. The van der Waals surface area contributed by atoms with Crippen LogP contribution in [0.5, 0.6) is 5.75 Å². The molecule has 3 aromatic rings. The molecule has 10 nitrogen and oxygen atoms in total. The van der Waals surface area contributed by atoms with Crippen molar-refractivity contribution in [3.05, 3.63) is 53.2 Å². The fourth-order valence-electron chi connectivity index (χ4n) is 3.99. The number of benzene rings is 2. The van der Waals surface area contributed by atoms with Crippen LogP contribution in [0, 0.1) is 0 Å². The summed E-state index contributed by atoms with van der Waals surface area (Å²) in [5, 5.41) is 8.94. The Morgan fingerprint density at radius 1 is 1.16 bits per heavy atom. The van der Waals surface area contributed by atoms with Crippen molar-refractivity contribution in [1.29, 1.82) is 0 Å². The molecule has 0 atom stereocenters. The molecule has 1 aliphatic rings. The van der Waals surface area contributed by atoms with Gasteiger partial charge in [0.25, 0.3) is 0 Å². The minimum atomic E-state index is -3.55. The molecule has 196 valence electrons. The summed E-state index contributed by atoms with van der Waals surface area (Å²) in [5.74, 6) is 0.957. The molecular weight excluding hydrogens is 516 g/mol. The highest BCUT2D eigenvalue weighted by atomic mass is 35.5. The molecule has 1 aromatic heterocycles. The summed E-state index contributed by atoms with van der Waals surface area (Å²) >= 11 is 6.36. The number of nitrogens with one attached hydrogen (secondary N) is 3. The predicted octanol–water partition coefficient (Wildman–Crippen LogP) is 4.26. The number of sulfone groups is 1. The molecule has 12 heteroatoms. The zero-order chi connectivity index (χ0) is 26.7. The fraction of sp³-hybridized carbons (Fsp3) is 0.320. The zero-order valence-electron chi connectivity index (χ0n) is 21.0. The Kier molecular flexibility index (Phi) is 7.86. The molecule has 0 aliphatic carbocycles. The van der Waals surface area contributed by atoms with E-state index in [9.17, 15) is 13.2 Å². The number of para-hydroxylation sites is 1. The van der Waals surface area contributed by atoms with E-state index in [1.807, 2.05) is 19.1 Å². The average Bonchev–Trinajstić information content (AvgIpc) is 3.02. The largest absolute Gasteiger partial charge is 0.495 e. The fourth-order valence-corrected chi connectivity index (χ4v) is 5.33. The number of likely N-dealkylation sites (N-methyl/N-ethyl adjacent to an activating group) is 1. The molecule has 3 N–H and O–H groups in total. The number of hydrogen-bond acceptors (Lipinski definition) is 9. The maximum Gasteiger partial charge on any atom is 0.240 e. The Morgan fingerprint density at radius 3 is 2.62 bits per heavy atom. The minimum Gasteiger partial charge on any atom is -0.495 e. The number of amides is 1. The van der Waals surface area contributed by atoms with Gasteiger partial charge in [-0.15, -0.1) is 0 Å². The summed E-state index contributed by atoms with van der Waals surface area (Å²) in [7, 11) is -1.99. The van der Waals surface area contributed by atoms with E-state index >= 15 is 0 Å². The van der Waals surface area contributed by atoms with Gasteiger partial charge in [-0.05, 0) is 50.6 Å². The van der Waals surface area contributed by atoms with E-state index in [0.717, 1.165) is 11.3 Å².